The molecule has 1 aliphatic heterocycles. The molecule has 1 saturated carbocycles. The van der Waals surface area contributed by atoms with Gasteiger partial charge in [0.05, 0.1) is 24.5 Å². The van der Waals surface area contributed by atoms with Crippen molar-refractivity contribution >= 4 is 5.91 Å². The predicted molar refractivity (Wildman–Crippen MR) is 86.7 cm³/mol. The molecule has 0 atom stereocenters. The number of carbonyl (C=O) groups excluding carboxylic acids is 1. The van der Waals surface area contributed by atoms with Gasteiger partial charge in [-0.3, -0.25) is 14.4 Å². The zero-order valence-electron chi connectivity index (χ0n) is 13.8. The minimum absolute atomic E-state index is 0.183. The van der Waals surface area contributed by atoms with Crippen LogP contribution < -0.4 is 5.32 Å². The van der Waals surface area contributed by atoms with Crippen LogP contribution >= 0.6 is 0 Å². The second-order valence-corrected chi connectivity index (χ2v) is 6.67. The van der Waals surface area contributed by atoms with Crippen molar-refractivity contribution in [3.8, 4) is 0 Å². The second-order valence-electron chi connectivity index (χ2n) is 6.67. The van der Waals surface area contributed by atoms with Gasteiger partial charge in [0.1, 0.15) is 12.7 Å². The van der Waals surface area contributed by atoms with Crippen LogP contribution in [0.1, 0.15) is 30.7 Å². The molecular formula is C16H23N7O. The number of carbonyl (C=O) groups is 1. The molecule has 8 nitrogen and oxygen atoms in total. The van der Waals surface area contributed by atoms with E-state index in [1.807, 2.05) is 4.57 Å². The first-order valence-corrected chi connectivity index (χ1v) is 8.66. The third-order valence-electron chi connectivity index (χ3n) is 4.99. The summed E-state index contributed by atoms with van der Waals surface area (Å²) in [6.07, 6.45) is 6.75. The van der Waals surface area contributed by atoms with E-state index >= 15 is 0 Å². The van der Waals surface area contributed by atoms with E-state index in [9.17, 15) is 4.79 Å². The van der Waals surface area contributed by atoms with Crippen LogP contribution in [0.5, 0.6) is 0 Å². The predicted octanol–water partition coefficient (Wildman–Crippen LogP) is 0.407. The fourth-order valence-electron chi connectivity index (χ4n) is 3.24. The molecule has 0 bridgehead atoms. The first-order valence-electron chi connectivity index (χ1n) is 8.66. The third-order valence-corrected chi connectivity index (χ3v) is 4.99. The molecule has 3 heterocycles. The highest BCUT2D eigenvalue weighted by molar-refractivity contribution is 5.79. The van der Waals surface area contributed by atoms with Gasteiger partial charge in [0, 0.05) is 32.1 Å². The normalized spacial score (nSPS) is 18.2. The van der Waals surface area contributed by atoms with Crippen molar-refractivity contribution < 1.29 is 4.79 Å². The number of fused-ring (bicyclic) bond motifs is 1. The second kappa shape index (κ2) is 6.72. The van der Waals surface area contributed by atoms with E-state index in [-0.39, 0.29) is 11.8 Å². The fourth-order valence-corrected chi connectivity index (χ4v) is 3.24. The minimum atomic E-state index is 0.183. The minimum Gasteiger partial charge on any atom is -0.350 e. The molecule has 2 aromatic rings. The molecule has 1 aliphatic carbocycles. The SMILES string of the molecule is O=C(NCc1cc2n(n1)CCN(CCn1cnnc1)C2)C1CCC1. The Balaban J connectivity index is 1.29. The largest absolute Gasteiger partial charge is 0.350 e. The maximum Gasteiger partial charge on any atom is 0.223 e. The fraction of sp³-hybridized carbons (Fsp3) is 0.625. The zero-order valence-corrected chi connectivity index (χ0v) is 13.8. The summed E-state index contributed by atoms with van der Waals surface area (Å²) >= 11 is 0. The van der Waals surface area contributed by atoms with Gasteiger partial charge in [0.2, 0.25) is 5.91 Å². The molecule has 0 unspecified atom stereocenters. The summed E-state index contributed by atoms with van der Waals surface area (Å²) in [4.78, 5) is 14.3. The zero-order chi connectivity index (χ0) is 16.4. The van der Waals surface area contributed by atoms with Gasteiger partial charge in [-0.1, -0.05) is 6.42 Å². The summed E-state index contributed by atoms with van der Waals surface area (Å²) in [6, 6.07) is 2.12. The molecule has 8 heteroatoms. The number of aromatic nitrogens is 5. The lowest BCUT2D eigenvalue weighted by atomic mass is 9.85. The topological polar surface area (TPSA) is 80.9 Å². The van der Waals surface area contributed by atoms with Crippen LogP contribution in [-0.4, -0.2) is 48.4 Å². The van der Waals surface area contributed by atoms with Crippen molar-refractivity contribution in [1.82, 2.24) is 34.8 Å². The molecule has 128 valence electrons. The van der Waals surface area contributed by atoms with Crippen molar-refractivity contribution in [2.75, 3.05) is 13.1 Å². The third kappa shape index (κ3) is 3.33. The Bertz CT molecular complexity index is 689. The van der Waals surface area contributed by atoms with Gasteiger partial charge in [-0.25, -0.2) is 0 Å². The summed E-state index contributed by atoms with van der Waals surface area (Å²) < 4.78 is 4.06. The molecule has 24 heavy (non-hydrogen) atoms. The van der Waals surface area contributed by atoms with Crippen molar-refractivity contribution in [2.45, 2.75) is 45.4 Å². The molecule has 1 N–H and O–H groups in total. The Kier molecular flexibility index (Phi) is 4.29. The molecule has 0 aromatic carbocycles. The maximum absolute atomic E-state index is 11.9. The summed E-state index contributed by atoms with van der Waals surface area (Å²) in [5.41, 5.74) is 2.18. The highest BCUT2D eigenvalue weighted by Gasteiger charge is 2.25. The van der Waals surface area contributed by atoms with Gasteiger partial charge in [-0.05, 0) is 18.9 Å². The average molecular weight is 329 g/mol. The van der Waals surface area contributed by atoms with Gasteiger partial charge in [-0.2, -0.15) is 5.10 Å². The Labute approximate surface area is 140 Å². The van der Waals surface area contributed by atoms with Crippen molar-refractivity contribution in [3.63, 3.8) is 0 Å². The highest BCUT2D eigenvalue weighted by Crippen LogP contribution is 2.26. The first-order chi connectivity index (χ1) is 11.8. The van der Waals surface area contributed by atoms with Gasteiger partial charge in [0.15, 0.2) is 0 Å². The smallest absolute Gasteiger partial charge is 0.223 e. The highest BCUT2D eigenvalue weighted by atomic mass is 16.1. The van der Waals surface area contributed by atoms with Crippen LogP contribution in [0.15, 0.2) is 18.7 Å². The van der Waals surface area contributed by atoms with E-state index in [0.717, 1.165) is 51.3 Å². The molecule has 0 radical (unpaired) electrons. The summed E-state index contributed by atoms with van der Waals surface area (Å²) in [5, 5.41) is 15.3. The monoisotopic (exact) mass is 329 g/mol. The molecule has 2 aromatic heterocycles. The van der Waals surface area contributed by atoms with Crippen LogP contribution in [0.3, 0.4) is 0 Å². The van der Waals surface area contributed by atoms with E-state index in [4.69, 9.17) is 0 Å². The standard InChI is InChI=1S/C16H23N7O/c24-16(13-2-1-3-13)17-9-14-8-15-10-21(6-7-23(15)20-14)4-5-22-11-18-19-12-22/h8,11-13H,1-7,9-10H2,(H,17,24). The van der Waals surface area contributed by atoms with Crippen LogP contribution in [0.2, 0.25) is 0 Å². The molecular weight excluding hydrogens is 306 g/mol. The van der Waals surface area contributed by atoms with Crippen LogP contribution in [-0.2, 0) is 31.0 Å². The van der Waals surface area contributed by atoms with Crippen LogP contribution in [0.25, 0.3) is 0 Å². The van der Waals surface area contributed by atoms with Crippen molar-refractivity contribution in [1.29, 1.82) is 0 Å². The number of hydrogen-bond donors (Lipinski definition) is 1. The molecule has 1 fully saturated rings. The molecule has 1 amide bonds. The van der Waals surface area contributed by atoms with E-state index in [0.29, 0.717) is 6.54 Å². The molecule has 2 aliphatic rings. The molecule has 0 spiro atoms. The number of hydrogen-bond acceptors (Lipinski definition) is 5. The van der Waals surface area contributed by atoms with E-state index in [1.54, 1.807) is 12.7 Å². The van der Waals surface area contributed by atoms with E-state index in [1.165, 1.54) is 12.1 Å². The average Bonchev–Trinajstić information content (AvgIpc) is 3.17. The molecule has 0 saturated heterocycles. The van der Waals surface area contributed by atoms with Gasteiger partial charge < -0.3 is 9.88 Å². The first kappa shape index (κ1) is 15.3. The summed E-state index contributed by atoms with van der Waals surface area (Å²) in [5.74, 6) is 0.415. The van der Waals surface area contributed by atoms with Crippen molar-refractivity contribution in [2.24, 2.45) is 5.92 Å². The Morgan fingerprint density at radius 3 is 2.79 bits per heavy atom. The van der Waals surface area contributed by atoms with Gasteiger partial charge in [-0.15, -0.1) is 10.2 Å². The summed E-state index contributed by atoms with van der Waals surface area (Å²) in [6.45, 7) is 5.18. The Morgan fingerprint density at radius 2 is 2.04 bits per heavy atom. The lowest BCUT2D eigenvalue weighted by molar-refractivity contribution is -0.127. The number of nitrogens with one attached hydrogen (secondary N) is 1. The number of rotatable bonds is 6. The Hall–Kier alpha value is -2.22. The van der Waals surface area contributed by atoms with E-state index < -0.39 is 0 Å². The lowest BCUT2D eigenvalue weighted by Gasteiger charge is -2.27. The van der Waals surface area contributed by atoms with Crippen LogP contribution in [0, 0.1) is 5.92 Å². The van der Waals surface area contributed by atoms with Gasteiger partial charge in [0.25, 0.3) is 0 Å². The van der Waals surface area contributed by atoms with E-state index in [2.05, 4.69) is 36.3 Å². The number of nitrogens with zero attached hydrogens (tertiary/aromatic N) is 6. The quantitative estimate of drug-likeness (QED) is 0.830. The van der Waals surface area contributed by atoms with Crippen molar-refractivity contribution in [3.05, 3.63) is 30.1 Å². The Morgan fingerprint density at radius 1 is 1.21 bits per heavy atom. The summed E-state index contributed by atoms with van der Waals surface area (Å²) in [7, 11) is 0. The van der Waals surface area contributed by atoms with Gasteiger partial charge >= 0.3 is 0 Å². The maximum atomic E-state index is 11.9. The van der Waals surface area contributed by atoms with Crippen LogP contribution in [0.4, 0.5) is 0 Å². The lowest BCUT2D eigenvalue weighted by Crippen LogP contribution is -2.35. The number of amides is 1. The molecule has 4 rings (SSSR count).